The lowest BCUT2D eigenvalue weighted by Gasteiger charge is -2.15. The lowest BCUT2D eigenvalue weighted by molar-refractivity contribution is -0.174. The average molecular weight is 466 g/mol. The van der Waals surface area contributed by atoms with Crippen molar-refractivity contribution in [3.63, 3.8) is 0 Å². The number of benzene rings is 1. The minimum atomic E-state index is -4.22. The van der Waals surface area contributed by atoms with E-state index in [4.69, 9.17) is 9.84 Å². The third-order valence-corrected chi connectivity index (χ3v) is 6.86. The molecule has 8 heteroatoms. The van der Waals surface area contributed by atoms with Gasteiger partial charge in [0.25, 0.3) is 0 Å². The van der Waals surface area contributed by atoms with Crippen molar-refractivity contribution in [2.45, 2.75) is 46.2 Å². The molecule has 0 radical (unpaired) electrons. The van der Waals surface area contributed by atoms with E-state index in [9.17, 15) is 18.0 Å². The Labute approximate surface area is 189 Å². The molecule has 1 aromatic carbocycles. The number of rotatable bonds is 7. The molecule has 172 valence electrons. The van der Waals surface area contributed by atoms with Crippen LogP contribution < -0.4 is 4.74 Å². The predicted octanol–water partition coefficient (Wildman–Crippen LogP) is 6.25. The molecule has 1 heterocycles. The minimum Gasteiger partial charge on any atom is -0.493 e. The zero-order chi connectivity index (χ0) is 22.2. The fourth-order valence-electron chi connectivity index (χ4n) is 3.97. The third-order valence-electron chi connectivity index (χ3n) is 5.77. The van der Waals surface area contributed by atoms with Gasteiger partial charge < -0.3 is 9.84 Å². The molecule has 32 heavy (non-hydrogen) atoms. The first-order valence-corrected chi connectivity index (χ1v) is 10.8. The van der Waals surface area contributed by atoms with Crippen LogP contribution in [0.1, 0.15) is 41.4 Å². The van der Waals surface area contributed by atoms with Crippen LogP contribution in [0, 0.1) is 18.3 Å². The summed E-state index contributed by atoms with van der Waals surface area (Å²) in [5, 5.41) is 9.67. The van der Waals surface area contributed by atoms with Crippen LogP contribution in [0.2, 0.25) is 0 Å². The lowest BCUT2D eigenvalue weighted by atomic mass is 10.0. The van der Waals surface area contributed by atoms with Gasteiger partial charge in [-0.05, 0) is 49.0 Å². The molecule has 2 aromatic rings. The van der Waals surface area contributed by atoms with E-state index >= 15 is 0 Å². The highest BCUT2D eigenvalue weighted by Gasteiger charge is 2.68. The second kappa shape index (κ2) is 9.10. The van der Waals surface area contributed by atoms with Crippen LogP contribution in [0.15, 0.2) is 42.5 Å². The van der Waals surface area contributed by atoms with Gasteiger partial charge in [0.2, 0.25) is 0 Å². The second-order valence-corrected chi connectivity index (χ2v) is 9.19. The number of ether oxygens (including phenoxy) is 1. The highest BCUT2D eigenvalue weighted by atomic mass is 32.1. The number of aryl methyl sites for hydroxylation is 1. The lowest BCUT2D eigenvalue weighted by Crippen LogP contribution is -2.24. The van der Waals surface area contributed by atoms with E-state index in [2.05, 4.69) is 4.98 Å². The number of nitrogens with zero attached hydrogens (tertiary/aromatic N) is 1. The Morgan fingerprint density at radius 3 is 2.88 bits per heavy atom. The first kappa shape index (κ1) is 24.0. The Hall–Kier alpha value is -2.61. The van der Waals surface area contributed by atoms with Crippen LogP contribution in [0.3, 0.4) is 0 Å². The summed E-state index contributed by atoms with van der Waals surface area (Å²) in [5.41, 5.74) is 0.702. The summed E-state index contributed by atoms with van der Waals surface area (Å²) in [6.07, 6.45) is 1.54. The van der Waals surface area contributed by atoms with E-state index < -0.39 is 23.5 Å². The number of aliphatic carboxylic acids is 1. The number of thiazole rings is 1. The Balaban J connectivity index is 0.00000289. The molecule has 2 unspecified atom stereocenters. The van der Waals surface area contributed by atoms with Crippen molar-refractivity contribution >= 4 is 22.9 Å². The predicted molar refractivity (Wildman–Crippen MR) is 119 cm³/mol. The maximum atomic E-state index is 13.4. The maximum Gasteiger partial charge on any atom is 0.398 e. The quantitative estimate of drug-likeness (QED) is 0.491. The number of carboxylic acids is 1. The van der Waals surface area contributed by atoms with Gasteiger partial charge in [0.1, 0.15) is 10.8 Å². The molecule has 2 aliphatic rings. The molecule has 1 fully saturated rings. The normalized spacial score (nSPS) is 21.8. The van der Waals surface area contributed by atoms with E-state index in [1.165, 1.54) is 17.4 Å². The van der Waals surface area contributed by atoms with E-state index in [1.807, 2.05) is 6.92 Å². The van der Waals surface area contributed by atoms with Gasteiger partial charge in [-0.1, -0.05) is 37.8 Å². The van der Waals surface area contributed by atoms with Gasteiger partial charge in [-0.25, -0.2) is 4.98 Å². The van der Waals surface area contributed by atoms with Crippen LogP contribution in [-0.2, 0) is 17.6 Å². The number of alkyl halides is 3. The molecule has 2 aliphatic carbocycles. The fourth-order valence-corrected chi connectivity index (χ4v) is 4.97. The molecule has 1 saturated carbocycles. The topological polar surface area (TPSA) is 59.4 Å². The first-order chi connectivity index (χ1) is 14.7. The van der Waals surface area contributed by atoms with Gasteiger partial charge in [-0.2, -0.15) is 13.2 Å². The van der Waals surface area contributed by atoms with Crippen LogP contribution >= 0.6 is 11.3 Å². The van der Waals surface area contributed by atoms with E-state index in [0.29, 0.717) is 30.8 Å². The van der Waals surface area contributed by atoms with Crippen molar-refractivity contribution in [1.29, 1.82) is 0 Å². The SMILES string of the molecule is C.Cc1sc(C2=CC3CC3(C(F)(F)F)C=CC2)nc1CCOc1cccc(CC(=O)O)c1. The van der Waals surface area contributed by atoms with Gasteiger partial charge in [0.05, 0.1) is 24.1 Å². The molecule has 0 spiro atoms. The molecule has 0 aliphatic heterocycles. The van der Waals surface area contributed by atoms with E-state index in [1.54, 1.807) is 36.4 Å². The van der Waals surface area contributed by atoms with Crippen molar-refractivity contribution in [1.82, 2.24) is 4.98 Å². The molecule has 4 rings (SSSR count). The Kier molecular flexibility index (Phi) is 6.83. The van der Waals surface area contributed by atoms with Crippen LogP contribution in [0.5, 0.6) is 5.75 Å². The standard InChI is InChI=1S/C23H22F3NO3S.CH4/c1-14-19(7-9-30-18-6-2-4-15(10-18)11-20(28)29)27-21(31-14)16-5-3-8-22(23(24,25)26)13-17(22)12-16;/h2-4,6,8,10,12,17H,5,7,9,11,13H2,1H3,(H,28,29);1H4. The smallest absolute Gasteiger partial charge is 0.398 e. The van der Waals surface area contributed by atoms with Gasteiger partial charge in [-0.3, -0.25) is 4.79 Å². The Morgan fingerprint density at radius 2 is 2.16 bits per heavy atom. The summed E-state index contributed by atoms with van der Waals surface area (Å²) >= 11 is 1.50. The number of hydrogen-bond acceptors (Lipinski definition) is 4. The van der Waals surface area contributed by atoms with Gasteiger partial charge in [0, 0.05) is 11.3 Å². The van der Waals surface area contributed by atoms with E-state index in [0.717, 1.165) is 21.2 Å². The zero-order valence-electron chi connectivity index (χ0n) is 16.9. The van der Waals surface area contributed by atoms with Crippen molar-refractivity contribution in [2.75, 3.05) is 6.61 Å². The molecule has 0 amide bonds. The van der Waals surface area contributed by atoms with Crippen LogP contribution in [0.4, 0.5) is 13.2 Å². The molecule has 2 atom stereocenters. The van der Waals surface area contributed by atoms with Gasteiger partial charge in [0.15, 0.2) is 0 Å². The number of hydrogen-bond donors (Lipinski definition) is 1. The summed E-state index contributed by atoms with van der Waals surface area (Å²) in [4.78, 5) is 16.5. The summed E-state index contributed by atoms with van der Waals surface area (Å²) in [7, 11) is 0. The van der Waals surface area contributed by atoms with Crippen molar-refractivity contribution < 1.29 is 27.8 Å². The summed E-state index contributed by atoms with van der Waals surface area (Å²) in [6.45, 7) is 2.33. The zero-order valence-corrected chi connectivity index (χ0v) is 17.7. The average Bonchev–Trinajstić information content (AvgIpc) is 3.31. The Bertz CT molecular complexity index is 1060. The number of carboxylic acid groups (broad SMARTS) is 1. The van der Waals surface area contributed by atoms with Gasteiger partial charge in [-0.15, -0.1) is 11.3 Å². The molecule has 4 nitrogen and oxygen atoms in total. The molecule has 1 N–H and O–H groups in total. The maximum absolute atomic E-state index is 13.4. The van der Waals surface area contributed by atoms with Crippen molar-refractivity contribution in [3.05, 3.63) is 63.6 Å². The number of fused-ring (bicyclic) bond motifs is 1. The molecule has 0 saturated heterocycles. The molecule has 0 bridgehead atoms. The fraction of sp³-hybridized carbons (Fsp3) is 0.417. The highest BCUT2D eigenvalue weighted by Crippen LogP contribution is 2.65. The first-order valence-electron chi connectivity index (χ1n) is 10.0. The number of allylic oxidation sites excluding steroid dienone is 4. The molecule has 1 aromatic heterocycles. The highest BCUT2D eigenvalue weighted by molar-refractivity contribution is 7.12. The van der Waals surface area contributed by atoms with Crippen LogP contribution in [-0.4, -0.2) is 28.8 Å². The third kappa shape index (κ3) is 4.90. The van der Waals surface area contributed by atoms with Crippen molar-refractivity contribution in [3.8, 4) is 5.75 Å². The minimum absolute atomic E-state index is 0. The number of halogens is 3. The van der Waals surface area contributed by atoms with Crippen molar-refractivity contribution in [2.24, 2.45) is 11.3 Å². The second-order valence-electron chi connectivity index (χ2n) is 7.99. The summed E-state index contributed by atoms with van der Waals surface area (Å²) in [6, 6.07) is 6.97. The molecular weight excluding hydrogens is 439 g/mol. The number of aromatic nitrogens is 1. The largest absolute Gasteiger partial charge is 0.493 e. The number of carbonyl (C=O) groups is 1. The monoisotopic (exact) mass is 465 g/mol. The van der Waals surface area contributed by atoms with E-state index in [-0.39, 0.29) is 20.3 Å². The summed E-state index contributed by atoms with van der Waals surface area (Å²) in [5.74, 6) is -0.805. The van der Waals surface area contributed by atoms with Gasteiger partial charge >= 0.3 is 12.1 Å². The molecular formula is C24H26F3NO3S. The Morgan fingerprint density at radius 1 is 1.38 bits per heavy atom. The summed E-state index contributed by atoms with van der Waals surface area (Å²) < 4.78 is 45.9. The van der Waals surface area contributed by atoms with Crippen LogP contribution in [0.25, 0.3) is 5.57 Å².